The van der Waals surface area contributed by atoms with Crippen molar-refractivity contribution in [3.63, 3.8) is 0 Å². The molecule has 0 saturated heterocycles. The lowest BCUT2D eigenvalue weighted by molar-refractivity contribution is -0.130. The first-order valence-corrected chi connectivity index (χ1v) is 6.21. The molecule has 0 atom stereocenters. The van der Waals surface area contributed by atoms with Gasteiger partial charge in [0, 0.05) is 25.2 Å². The lowest BCUT2D eigenvalue weighted by atomic mass is 10.1. The molecule has 0 unspecified atom stereocenters. The van der Waals surface area contributed by atoms with Gasteiger partial charge in [-0.2, -0.15) is 5.10 Å². The Bertz CT molecular complexity index is 525. The highest BCUT2D eigenvalue weighted by Crippen LogP contribution is 2.15. The van der Waals surface area contributed by atoms with Gasteiger partial charge < -0.3 is 9.42 Å². The molecule has 0 radical (unpaired) electrons. The fraction of sp³-hybridized carbons (Fsp3) is 0.462. The number of aromatic nitrogens is 3. The van der Waals surface area contributed by atoms with Gasteiger partial charge in [0.15, 0.2) is 0 Å². The Morgan fingerprint density at radius 1 is 1.47 bits per heavy atom. The number of nitrogens with zero attached hydrogens (tertiary/aromatic N) is 3. The largest absolute Gasteiger partial charge is 0.361 e. The first kappa shape index (κ1) is 13.3. The van der Waals surface area contributed by atoms with E-state index in [1.165, 1.54) is 0 Å². The van der Waals surface area contributed by atoms with E-state index in [0.717, 1.165) is 22.6 Å². The quantitative estimate of drug-likeness (QED) is 0.888. The molecule has 2 heterocycles. The summed E-state index contributed by atoms with van der Waals surface area (Å²) in [6.45, 7) is 4.28. The maximum atomic E-state index is 12.0. The molecule has 2 aromatic rings. The van der Waals surface area contributed by atoms with Crippen molar-refractivity contribution in [3.8, 4) is 0 Å². The van der Waals surface area contributed by atoms with Gasteiger partial charge in [-0.3, -0.25) is 9.89 Å². The molecular formula is C13H18N4O2. The molecule has 0 saturated carbocycles. The summed E-state index contributed by atoms with van der Waals surface area (Å²) in [6.07, 6.45) is 4.71. The van der Waals surface area contributed by atoms with Gasteiger partial charge in [-0.25, -0.2) is 0 Å². The second kappa shape index (κ2) is 5.69. The van der Waals surface area contributed by atoms with Gasteiger partial charge >= 0.3 is 0 Å². The van der Waals surface area contributed by atoms with Gasteiger partial charge in [0.2, 0.25) is 5.91 Å². The number of rotatable bonds is 5. The molecule has 1 amide bonds. The Kier molecular flexibility index (Phi) is 3.99. The molecular weight excluding hydrogens is 244 g/mol. The smallest absolute Gasteiger partial charge is 0.222 e. The maximum Gasteiger partial charge on any atom is 0.222 e. The zero-order valence-electron chi connectivity index (χ0n) is 11.4. The van der Waals surface area contributed by atoms with E-state index >= 15 is 0 Å². The van der Waals surface area contributed by atoms with Crippen molar-refractivity contribution < 1.29 is 9.32 Å². The predicted octanol–water partition coefficient (Wildman–Crippen LogP) is 1.61. The number of carbonyl (C=O) groups excluding carboxylic acids is 1. The van der Waals surface area contributed by atoms with Gasteiger partial charge in [0.25, 0.3) is 0 Å². The van der Waals surface area contributed by atoms with Crippen LogP contribution < -0.4 is 0 Å². The number of aryl methyl sites for hydroxylation is 3. The highest BCUT2D eigenvalue weighted by Gasteiger charge is 2.15. The van der Waals surface area contributed by atoms with Gasteiger partial charge in [-0.05, 0) is 25.8 Å². The minimum Gasteiger partial charge on any atom is -0.361 e. The average molecular weight is 262 g/mol. The normalized spacial score (nSPS) is 10.7. The standard InChI is InChI=1S/C13H18N4O2/c1-9-12(10(2)19-16-9)8-17(3)13(18)5-4-11-6-14-15-7-11/h6-7H,4-5,8H2,1-3H3,(H,14,15). The predicted molar refractivity (Wildman–Crippen MR) is 69.4 cm³/mol. The van der Waals surface area contributed by atoms with E-state index in [0.29, 0.717) is 19.4 Å². The van der Waals surface area contributed by atoms with E-state index in [1.54, 1.807) is 18.1 Å². The SMILES string of the molecule is Cc1noc(C)c1CN(C)C(=O)CCc1cn[nH]c1. The van der Waals surface area contributed by atoms with Crippen LogP contribution in [0, 0.1) is 13.8 Å². The number of hydrogen-bond acceptors (Lipinski definition) is 4. The van der Waals surface area contributed by atoms with Gasteiger partial charge in [0.05, 0.1) is 18.4 Å². The van der Waals surface area contributed by atoms with Gasteiger partial charge in [-0.1, -0.05) is 5.16 Å². The lowest BCUT2D eigenvalue weighted by Crippen LogP contribution is -2.26. The molecule has 0 aromatic carbocycles. The Balaban J connectivity index is 1.89. The third kappa shape index (κ3) is 3.21. The second-order valence-corrected chi connectivity index (χ2v) is 4.66. The third-order valence-electron chi connectivity index (χ3n) is 3.18. The summed E-state index contributed by atoms with van der Waals surface area (Å²) in [5.74, 6) is 0.869. The average Bonchev–Trinajstić information content (AvgIpc) is 3.00. The van der Waals surface area contributed by atoms with Gasteiger partial charge in [-0.15, -0.1) is 0 Å². The van der Waals surface area contributed by atoms with E-state index in [2.05, 4.69) is 15.4 Å². The Morgan fingerprint density at radius 2 is 2.26 bits per heavy atom. The highest BCUT2D eigenvalue weighted by atomic mass is 16.5. The second-order valence-electron chi connectivity index (χ2n) is 4.66. The number of hydrogen-bond donors (Lipinski definition) is 1. The van der Waals surface area contributed by atoms with Crippen LogP contribution in [0.2, 0.25) is 0 Å². The Hall–Kier alpha value is -2.11. The number of aromatic amines is 1. The van der Waals surface area contributed by atoms with E-state index in [9.17, 15) is 4.79 Å². The zero-order valence-corrected chi connectivity index (χ0v) is 11.4. The molecule has 6 nitrogen and oxygen atoms in total. The summed E-state index contributed by atoms with van der Waals surface area (Å²) >= 11 is 0. The van der Waals surface area contributed by atoms with Crippen LogP contribution in [0.15, 0.2) is 16.9 Å². The van der Waals surface area contributed by atoms with Crippen molar-refractivity contribution in [1.29, 1.82) is 0 Å². The molecule has 0 spiro atoms. The van der Waals surface area contributed by atoms with Crippen molar-refractivity contribution >= 4 is 5.91 Å². The van der Waals surface area contributed by atoms with Crippen molar-refractivity contribution in [1.82, 2.24) is 20.3 Å². The topological polar surface area (TPSA) is 75.0 Å². The number of amides is 1. The molecule has 102 valence electrons. The molecule has 0 bridgehead atoms. The maximum absolute atomic E-state index is 12.0. The van der Waals surface area contributed by atoms with Crippen LogP contribution in [0.5, 0.6) is 0 Å². The third-order valence-corrected chi connectivity index (χ3v) is 3.18. The van der Waals surface area contributed by atoms with Crippen molar-refractivity contribution in [3.05, 3.63) is 35.0 Å². The first-order chi connectivity index (χ1) is 9.08. The van der Waals surface area contributed by atoms with E-state index in [-0.39, 0.29) is 5.91 Å². The Morgan fingerprint density at radius 3 is 2.84 bits per heavy atom. The van der Waals surface area contributed by atoms with Gasteiger partial charge in [0.1, 0.15) is 5.76 Å². The van der Waals surface area contributed by atoms with Crippen molar-refractivity contribution in [2.75, 3.05) is 7.05 Å². The van der Waals surface area contributed by atoms with Crippen LogP contribution in [-0.2, 0) is 17.8 Å². The monoisotopic (exact) mass is 262 g/mol. The van der Waals surface area contributed by atoms with Crippen LogP contribution in [0.1, 0.15) is 29.0 Å². The molecule has 0 aliphatic rings. The molecule has 0 aliphatic heterocycles. The number of carbonyl (C=O) groups is 1. The highest BCUT2D eigenvalue weighted by molar-refractivity contribution is 5.76. The van der Waals surface area contributed by atoms with Crippen LogP contribution in [0.4, 0.5) is 0 Å². The molecule has 6 heteroatoms. The fourth-order valence-electron chi connectivity index (χ4n) is 1.91. The summed E-state index contributed by atoms with van der Waals surface area (Å²) in [7, 11) is 1.80. The van der Waals surface area contributed by atoms with E-state index in [1.807, 2.05) is 20.0 Å². The summed E-state index contributed by atoms with van der Waals surface area (Å²) in [5, 5.41) is 10.5. The van der Waals surface area contributed by atoms with E-state index < -0.39 is 0 Å². The van der Waals surface area contributed by atoms with Crippen LogP contribution >= 0.6 is 0 Å². The molecule has 0 aliphatic carbocycles. The minimum atomic E-state index is 0.0983. The van der Waals surface area contributed by atoms with Crippen LogP contribution in [0.25, 0.3) is 0 Å². The minimum absolute atomic E-state index is 0.0983. The molecule has 2 rings (SSSR count). The van der Waals surface area contributed by atoms with Crippen LogP contribution in [-0.4, -0.2) is 33.2 Å². The molecule has 0 fully saturated rings. The summed E-state index contributed by atoms with van der Waals surface area (Å²) < 4.78 is 5.09. The number of nitrogens with one attached hydrogen (secondary N) is 1. The molecule has 2 aromatic heterocycles. The van der Waals surface area contributed by atoms with Crippen LogP contribution in [0.3, 0.4) is 0 Å². The Labute approximate surface area is 111 Å². The van der Waals surface area contributed by atoms with Crippen molar-refractivity contribution in [2.24, 2.45) is 0 Å². The summed E-state index contributed by atoms with van der Waals surface area (Å²) in [4.78, 5) is 13.7. The lowest BCUT2D eigenvalue weighted by Gasteiger charge is -2.16. The van der Waals surface area contributed by atoms with E-state index in [4.69, 9.17) is 4.52 Å². The van der Waals surface area contributed by atoms with Crippen molar-refractivity contribution in [2.45, 2.75) is 33.2 Å². The zero-order chi connectivity index (χ0) is 13.8. The number of H-pyrrole nitrogens is 1. The fourth-order valence-corrected chi connectivity index (χ4v) is 1.91. The molecule has 1 N–H and O–H groups in total. The summed E-state index contributed by atoms with van der Waals surface area (Å²) in [5.41, 5.74) is 2.87. The summed E-state index contributed by atoms with van der Waals surface area (Å²) in [6, 6.07) is 0. The molecule has 19 heavy (non-hydrogen) atoms. The first-order valence-electron chi connectivity index (χ1n) is 6.21.